The molecule has 20 heavy (non-hydrogen) atoms. The number of fused-ring (bicyclic) bond motifs is 1. The van der Waals surface area contributed by atoms with Crippen molar-refractivity contribution in [2.24, 2.45) is 0 Å². The van der Waals surface area contributed by atoms with E-state index in [0.29, 0.717) is 25.3 Å². The standard InChI is InChI=1S/C13H15F4NO2/c14-10-1-2-12-9(5-10)6-11(20-12)7-18-3-4-19-8-13(15,16)17/h1-2,5,11,18H,3-4,6-8H2. The maximum absolute atomic E-state index is 13.0. The number of rotatable bonds is 6. The average molecular weight is 293 g/mol. The Morgan fingerprint density at radius 3 is 2.90 bits per heavy atom. The molecule has 0 aliphatic carbocycles. The quantitative estimate of drug-likeness (QED) is 0.645. The van der Waals surface area contributed by atoms with Gasteiger partial charge in [0.05, 0.1) is 6.61 Å². The summed E-state index contributed by atoms with van der Waals surface area (Å²) in [6.45, 7) is -0.473. The third-order valence-corrected chi connectivity index (χ3v) is 2.82. The van der Waals surface area contributed by atoms with Gasteiger partial charge in [-0.1, -0.05) is 0 Å². The lowest BCUT2D eigenvalue weighted by atomic mass is 10.1. The molecule has 1 aromatic carbocycles. The largest absolute Gasteiger partial charge is 0.488 e. The molecule has 0 saturated heterocycles. The summed E-state index contributed by atoms with van der Waals surface area (Å²) in [5, 5.41) is 2.95. The average Bonchev–Trinajstić information content (AvgIpc) is 2.74. The molecular formula is C13H15F4NO2. The molecule has 0 fully saturated rings. The molecule has 1 unspecified atom stereocenters. The van der Waals surface area contributed by atoms with Gasteiger partial charge in [-0.05, 0) is 18.2 Å². The van der Waals surface area contributed by atoms with Gasteiger partial charge in [-0.25, -0.2) is 4.39 Å². The van der Waals surface area contributed by atoms with E-state index in [-0.39, 0.29) is 18.5 Å². The van der Waals surface area contributed by atoms with E-state index in [0.717, 1.165) is 5.56 Å². The van der Waals surface area contributed by atoms with Crippen LogP contribution in [0, 0.1) is 5.82 Å². The maximum Gasteiger partial charge on any atom is 0.411 e. The van der Waals surface area contributed by atoms with E-state index in [4.69, 9.17) is 4.74 Å². The van der Waals surface area contributed by atoms with Crippen LogP contribution in [0.25, 0.3) is 0 Å². The van der Waals surface area contributed by atoms with E-state index in [1.54, 1.807) is 6.07 Å². The highest BCUT2D eigenvalue weighted by Crippen LogP contribution is 2.28. The minimum Gasteiger partial charge on any atom is -0.488 e. The number of ether oxygens (including phenoxy) is 2. The Labute approximate surface area is 113 Å². The number of benzene rings is 1. The topological polar surface area (TPSA) is 30.5 Å². The summed E-state index contributed by atoms with van der Waals surface area (Å²) in [6.07, 6.45) is -3.83. The zero-order valence-corrected chi connectivity index (χ0v) is 10.7. The summed E-state index contributed by atoms with van der Waals surface area (Å²) in [5.41, 5.74) is 0.810. The van der Waals surface area contributed by atoms with Crippen molar-refractivity contribution in [3.05, 3.63) is 29.6 Å². The Hall–Kier alpha value is -1.34. The summed E-state index contributed by atoms with van der Waals surface area (Å²) in [4.78, 5) is 0. The van der Waals surface area contributed by atoms with Crippen LogP contribution in [0.3, 0.4) is 0 Å². The first-order valence-electron chi connectivity index (χ1n) is 6.24. The first-order valence-corrected chi connectivity index (χ1v) is 6.24. The van der Waals surface area contributed by atoms with Gasteiger partial charge in [-0.3, -0.25) is 0 Å². The minimum absolute atomic E-state index is 0.0200. The molecule has 112 valence electrons. The molecule has 0 aromatic heterocycles. The normalized spacial score (nSPS) is 17.9. The Bertz CT molecular complexity index is 450. The van der Waals surface area contributed by atoms with Crippen LogP contribution in [0.15, 0.2) is 18.2 Å². The zero-order valence-electron chi connectivity index (χ0n) is 10.7. The van der Waals surface area contributed by atoms with Crippen LogP contribution in [-0.2, 0) is 11.2 Å². The number of hydrogen-bond acceptors (Lipinski definition) is 3. The molecule has 1 aliphatic rings. The lowest BCUT2D eigenvalue weighted by Gasteiger charge is -2.12. The molecular weight excluding hydrogens is 278 g/mol. The van der Waals surface area contributed by atoms with E-state index in [1.165, 1.54) is 12.1 Å². The van der Waals surface area contributed by atoms with Crippen molar-refractivity contribution in [3.63, 3.8) is 0 Å². The zero-order chi connectivity index (χ0) is 14.6. The Morgan fingerprint density at radius 2 is 2.15 bits per heavy atom. The monoisotopic (exact) mass is 293 g/mol. The molecule has 7 heteroatoms. The van der Waals surface area contributed by atoms with Gasteiger partial charge in [0, 0.05) is 25.1 Å². The summed E-state index contributed by atoms with van der Waals surface area (Å²) in [6, 6.07) is 4.35. The summed E-state index contributed by atoms with van der Waals surface area (Å²) >= 11 is 0. The number of alkyl halides is 3. The number of nitrogens with one attached hydrogen (secondary N) is 1. The fourth-order valence-corrected chi connectivity index (χ4v) is 2.00. The van der Waals surface area contributed by atoms with Gasteiger partial charge in [0.1, 0.15) is 24.3 Å². The molecule has 0 amide bonds. The molecule has 1 N–H and O–H groups in total. The Balaban J connectivity index is 1.61. The van der Waals surface area contributed by atoms with E-state index in [2.05, 4.69) is 10.1 Å². The van der Waals surface area contributed by atoms with Gasteiger partial charge in [-0.15, -0.1) is 0 Å². The predicted octanol–water partition coefficient (Wildman–Crippen LogP) is 2.30. The third-order valence-electron chi connectivity index (χ3n) is 2.82. The predicted molar refractivity (Wildman–Crippen MR) is 64.3 cm³/mol. The SMILES string of the molecule is Fc1ccc2c(c1)CC(CNCCOCC(F)(F)F)O2. The molecule has 0 spiro atoms. The van der Waals surface area contributed by atoms with E-state index < -0.39 is 12.8 Å². The Kier molecular flexibility index (Phi) is 4.82. The number of hydrogen-bond donors (Lipinski definition) is 1. The van der Waals surface area contributed by atoms with E-state index in [9.17, 15) is 17.6 Å². The molecule has 2 rings (SSSR count). The summed E-state index contributed by atoms with van der Waals surface area (Å²) in [7, 11) is 0. The van der Waals surface area contributed by atoms with Crippen LogP contribution in [0.4, 0.5) is 17.6 Å². The van der Waals surface area contributed by atoms with Crippen LogP contribution in [0.1, 0.15) is 5.56 Å². The van der Waals surface area contributed by atoms with E-state index >= 15 is 0 Å². The smallest absolute Gasteiger partial charge is 0.411 e. The summed E-state index contributed by atoms with van der Waals surface area (Å²) < 4.78 is 58.4. The van der Waals surface area contributed by atoms with Crippen LogP contribution in [-0.4, -0.2) is 38.6 Å². The van der Waals surface area contributed by atoms with Gasteiger partial charge >= 0.3 is 6.18 Å². The highest BCUT2D eigenvalue weighted by molar-refractivity contribution is 5.37. The second kappa shape index (κ2) is 6.41. The fourth-order valence-electron chi connectivity index (χ4n) is 2.00. The second-order valence-corrected chi connectivity index (χ2v) is 4.57. The third kappa shape index (κ3) is 4.64. The molecule has 0 radical (unpaired) electrons. The molecule has 1 aromatic rings. The van der Waals surface area contributed by atoms with Crippen LogP contribution in [0.5, 0.6) is 5.75 Å². The molecule has 3 nitrogen and oxygen atoms in total. The lowest BCUT2D eigenvalue weighted by molar-refractivity contribution is -0.173. The summed E-state index contributed by atoms with van der Waals surface area (Å²) in [5.74, 6) is 0.355. The van der Waals surface area contributed by atoms with Gasteiger partial charge in [-0.2, -0.15) is 13.2 Å². The number of halogens is 4. The maximum atomic E-state index is 13.0. The van der Waals surface area contributed by atoms with Crippen LogP contribution < -0.4 is 10.1 Å². The van der Waals surface area contributed by atoms with Gasteiger partial charge in [0.2, 0.25) is 0 Å². The van der Waals surface area contributed by atoms with Crippen molar-refractivity contribution in [2.45, 2.75) is 18.7 Å². The molecule has 1 aliphatic heterocycles. The molecule has 0 saturated carbocycles. The van der Waals surface area contributed by atoms with Crippen molar-refractivity contribution >= 4 is 0 Å². The van der Waals surface area contributed by atoms with Gasteiger partial charge < -0.3 is 14.8 Å². The molecule has 1 heterocycles. The van der Waals surface area contributed by atoms with Crippen molar-refractivity contribution in [1.82, 2.24) is 5.32 Å². The highest BCUT2D eigenvalue weighted by Gasteiger charge is 2.27. The van der Waals surface area contributed by atoms with Crippen molar-refractivity contribution in [3.8, 4) is 5.75 Å². The van der Waals surface area contributed by atoms with Crippen molar-refractivity contribution in [1.29, 1.82) is 0 Å². The van der Waals surface area contributed by atoms with Crippen molar-refractivity contribution < 1.29 is 27.0 Å². The highest BCUT2D eigenvalue weighted by atomic mass is 19.4. The Morgan fingerprint density at radius 1 is 1.35 bits per heavy atom. The molecule has 1 atom stereocenters. The van der Waals surface area contributed by atoms with E-state index in [1.807, 2.05) is 0 Å². The fraction of sp³-hybridized carbons (Fsp3) is 0.538. The van der Waals surface area contributed by atoms with Gasteiger partial charge in [0.15, 0.2) is 0 Å². The van der Waals surface area contributed by atoms with Gasteiger partial charge in [0.25, 0.3) is 0 Å². The molecule has 0 bridgehead atoms. The lowest BCUT2D eigenvalue weighted by Crippen LogP contribution is -2.32. The minimum atomic E-state index is -4.29. The first-order chi connectivity index (χ1) is 9.44. The second-order valence-electron chi connectivity index (χ2n) is 4.57. The van der Waals surface area contributed by atoms with Crippen LogP contribution >= 0.6 is 0 Å². The van der Waals surface area contributed by atoms with Crippen LogP contribution in [0.2, 0.25) is 0 Å². The van der Waals surface area contributed by atoms with Crippen molar-refractivity contribution in [2.75, 3.05) is 26.3 Å². The first kappa shape index (κ1) is 15.1.